The maximum atomic E-state index is 13.2. The summed E-state index contributed by atoms with van der Waals surface area (Å²) in [6.07, 6.45) is 0. The van der Waals surface area contributed by atoms with Gasteiger partial charge in [-0.3, -0.25) is 4.79 Å². The Morgan fingerprint density at radius 2 is 2.00 bits per heavy atom. The Morgan fingerprint density at radius 1 is 1.24 bits per heavy atom. The van der Waals surface area contributed by atoms with E-state index in [1.165, 1.54) is 23.9 Å². The standard InChI is InChI=1S/C17H16FN5OS/c1-11-6-8-15(9-7-11)23-17(20-21-22-23)25-12(2)16(24)19-14-5-3-4-13(18)10-14/h3-10,12H,1-2H3,(H,19,24)/t12-/m1/s1. The number of rotatable bonds is 5. The number of aryl methyl sites for hydroxylation is 1. The van der Waals surface area contributed by atoms with Crippen LogP contribution in [0.25, 0.3) is 5.69 Å². The summed E-state index contributed by atoms with van der Waals surface area (Å²) >= 11 is 1.23. The lowest BCUT2D eigenvalue weighted by atomic mass is 10.2. The predicted molar refractivity (Wildman–Crippen MR) is 94.2 cm³/mol. The first-order valence-corrected chi connectivity index (χ1v) is 8.49. The van der Waals surface area contributed by atoms with Crippen molar-refractivity contribution in [1.82, 2.24) is 20.2 Å². The van der Waals surface area contributed by atoms with Gasteiger partial charge >= 0.3 is 0 Å². The molecule has 1 aromatic heterocycles. The molecule has 0 fully saturated rings. The highest BCUT2D eigenvalue weighted by molar-refractivity contribution is 8.00. The molecule has 6 nitrogen and oxygen atoms in total. The molecule has 1 atom stereocenters. The van der Waals surface area contributed by atoms with Crippen molar-refractivity contribution in [3.63, 3.8) is 0 Å². The van der Waals surface area contributed by atoms with E-state index in [0.29, 0.717) is 10.8 Å². The van der Waals surface area contributed by atoms with Crippen LogP contribution in [0.5, 0.6) is 0 Å². The third kappa shape index (κ3) is 4.21. The molecule has 3 rings (SSSR count). The zero-order valence-corrected chi connectivity index (χ0v) is 14.5. The number of carbonyl (C=O) groups excluding carboxylic acids is 1. The lowest BCUT2D eigenvalue weighted by Crippen LogP contribution is -2.23. The molecule has 1 heterocycles. The van der Waals surface area contributed by atoms with Gasteiger partial charge in [0.1, 0.15) is 5.82 Å². The average molecular weight is 357 g/mol. The highest BCUT2D eigenvalue weighted by Crippen LogP contribution is 2.24. The molecule has 0 radical (unpaired) electrons. The molecule has 128 valence electrons. The van der Waals surface area contributed by atoms with Crippen LogP contribution >= 0.6 is 11.8 Å². The fourth-order valence-electron chi connectivity index (χ4n) is 2.12. The highest BCUT2D eigenvalue weighted by Gasteiger charge is 2.19. The summed E-state index contributed by atoms with van der Waals surface area (Å²) in [7, 11) is 0. The summed E-state index contributed by atoms with van der Waals surface area (Å²) in [6, 6.07) is 13.5. The quantitative estimate of drug-likeness (QED) is 0.710. The number of amides is 1. The van der Waals surface area contributed by atoms with Crippen molar-refractivity contribution in [2.75, 3.05) is 5.32 Å². The molecule has 2 aromatic carbocycles. The molecule has 0 saturated heterocycles. The van der Waals surface area contributed by atoms with Crippen LogP contribution in [0.15, 0.2) is 53.7 Å². The average Bonchev–Trinajstić information content (AvgIpc) is 3.03. The first-order chi connectivity index (χ1) is 12.0. The van der Waals surface area contributed by atoms with Crippen molar-refractivity contribution in [3.8, 4) is 5.69 Å². The number of hydrogen-bond acceptors (Lipinski definition) is 5. The van der Waals surface area contributed by atoms with Crippen LogP contribution in [-0.4, -0.2) is 31.4 Å². The number of tetrazole rings is 1. The van der Waals surface area contributed by atoms with Crippen molar-refractivity contribution in [1.29, 1.82) is 0 Å². The minimum atomic E-state index is -0.460. The first-order valence-electron chi connectivity index (χ1n) is 7.61. The Labute approximate surface area is 148 Å². The summed E-state index contributed by atoms with van der Waals surface area (Å²) in [5, 5.41) is 14.4. The topological polar surface area (TPSA) is 72.7 Å². The van der Waals surface area contributed by atoms with Gasteiger partial charge in [0.2, 0.25) is 11.1 Å². The molecule has 0 aliphatic heterocycles. The van der Waals surface area contributed by atoms with Crippen molar-refractivity contribution in [3.05, 3.63) is 59.9 Å². The number of carbonyl (C=O) groups is 1. The van der Waals surface area contributed by atoms with Crippen LogP contribution in [0.3, 0.4) is 0 Å². The predicted octanol–water partition coefficient (Wildman–Crippen LogP) is 3.23. The van der Waals surface area contributed by atoms with E-state index in [0.717, 1.165) is 11.3 Å². The van der Waals surface area contributed by atoms with Gasteiger partial charge in [-0.05, 0) is 54.6 Å². The maximum absolute atomic E-state index is 13.2. The number of aromatic nitrogens is 4. The number of hydrogen-bond donors (Lipinski definition) is 1. The van der Waals surface area contributed by atoms with Crippen molar-refractivity contribution in [2.45, 2.75) is 24.3 Å². The molecule has 0 saturated carbocycles. The zero-order chi connectivity index (χ0) is 17.8. The molecule has 1 amide bonds. The summed E-state index contributed by atoms with van der Waals surface area (Å²) in [6.45, 7) is 3.74. The van der Waals surface area contributed by atoms with Gasteiger partial charge in [0.15, 0.2) is 0 Å². The van der Waals surface area contributed by atoms with Crippen LogP contribution in [0.1, 0.15) is 12.5 Å². The van der Waals surface area contributed by atoms with Gasteiger partial charge in [0, 0.05) is 5.69 Å². The van der Waals surface area contributed by atoms with Crippen molar-refractivity contribution < 1.29 is 9.18 Å². The molecule has 0 aliphatic carbocycles. The molecule has 0 spiro atoms. The van der Waals surface area contributed by atoms with Crippen LogP contribution in [0.4, 0.5) is 10.1 Å². The second-order valence-corrected chi connectivity index (χ2v) is 6.78. The van der Waals surface area contributed by atoms with E-state index < -0.39 is 11.1 Å². The SMILES string of the molecule is Cc1ccc(-n2nnnc2S[C@H](C)C(=O)Nc2cccc(F)c2)cc1. The lowest BCUT2D eigenvalue weighted by molar-refractivity contribution is -0.115. The monoisotopic (exact) mass is 357 g/mol. The van der Waals surface area contributed by atoms with Gasteiger partial charge in [0.25, 0.3) is 0 Å². The smallest absolute Gasteiger partial charge is 0.237 e. The minimum absolute atomic E-state index is 0.256. The first kappa shape index (κ1) is 17.1. The summed E-state index contributed by atoms with van der Waals surface area (Å²) in [5.74, 6) is -0.657. The van der Waals surface area contributed by atoms with Gasteiger partial charge in [-0.1, -0.05) is 35.5 Å². The van der Waals surface area contributed by atoms with Crippen LogP contribution in [0, 0.1) is 12.7 Å². The molecule has 25 heavy (non-hydrogen) atoms. The minimum Gasteiger partial charge on any atom is -0.325 e. The largest absolute Gasteiger partial charge is 0.325 e. The van der Waals surface area contributed by atoms with Crippen LogP contribution < -0.4 is 5.32 Å². The Morgan fingerprint density at radius 3 is 2.72 bits per heavy atom. The Hall–Kier alpha value is -2.74. The van der Waals surface area contributed by atoms with Gasteiger partial charge in [0.05, 0.1) is 10.9 Å². The van der Waals surface area contributed by atoms with E-state index in [4.69, 9.17) is 0 Å². The van der Waals surface area contributed by atoms with Crippen molar-refractivity contribution in [2.24, 2.45) is 0 Å². The van der Waals surface area contributed by atoms with Crippen LogP contribution in [0.2, 0.25) is 0 Å². The normalized spacial score (nSPS) is 12.0. The summed E-state index contributed by atoms with van der Waals surface area (Å²) in [4.78, 5) is 12.3. The molecule has 1 N–H and O–H groups in total. The fourth-order valence-corrected chi connectivity index (χ4v) is 2.93. The second-order valence-electron chi connectivity index (χ2n) is 5.47. The molecular weight excluding hydrogens is 341 g/mol. The molecule has 8 heteroatoms. The number of nitrogens with one attached hydrogen (secondary N) is 1. The molecule has 3 aromatic rings. The zero-order valence-electron chi connectivity index (χ0n) is 13.7. The highest BCUT2D eigenvalue weighted by atomic mass is 32.2. The van der Waals surface area contributed by atoms with Gasteiger partial charge < -0.3 is 5.32 Å². The van der Waals surface area contributed by atoms with Crippen molar-refractivity contribution >= 4 is 23.4 Å². The number of thioether (sulfide) groups is 1. The molecule has 0 aliphatic rings. The van der Waals surface area contributed by atoms with Gasteiger partial charge in [-0.2, -0.15) is 4.68 Å². The maximum Gasteiger partial charge on any atom is 0.237 e. The van der Waals surface area contributed by atoms with E-state index in [9.17, 15) is 9.18 Å². The van der Waals surface area contributed by atoms with E-state index in [-0.39, 0.29) is 5.91 Å². The molecule has 0 bridgehead atoms. The summed E-state index contributed by atoms with van der Waals surface area (Å²) < 4.78 is 14.8. The molecular formula is C17H16FN5OS. The Bertz CT molecular complexity index is 881. The Kier molecular flexibility index (Phi) is 5.08. The summed E-state index contributed by atoms with van der Waals surface area (Å²) in [5.41, 5.74) is 2.36. The third-order valence-corrected chi connectivity index (χ3v) is 4.50. The Balaban J connectivity index is 1.71. The van der Waals surface area contributed by atoms with Gasteiger partial charge in [-0.25, -0.2) is 4.39 Å². The molecule has 0 unspecified atom stereocenters. The van der Waals surface area contributed by atoms with E-state index in [2.05, 4.69) is 20.8 Å². The number of benzene rings is 2. The van der Waals surface area contributed by atoms with Gasteiger partial charge in [-0.15, -0.1) is 5.10 Å². The number of anilines is 1. The van der Waals surface area contributed by atoms with E-state index in [1.54, 1.807) is 23.7 Å². The second kappa shape index (κ2) is 7.43. The lowest BCUT2D eigenvalue weighted by Gasteiger charge is -2.12. The third-order valence-electron chi connectivity index (χ3n) is 3.46. The number of halogens is 1. The van der Waals surface area contributed by atoms with Crippen LogP contribution in [-0.2, 0) is 4.79 Å². The number of nitrogens with zero attached hydrogens (tertiary/aromatic N) is 4. The van der Waals surface area contributed by atoms with E-state index >= 15 is 0 Å². The fraction of sp³-hybridized carbons (Fsp3) is 0.176. The van der Waals surface area contributed by atoms with E-state index in [1.807, 2.05) is 31.2 Å².